The second-order valence-corrected chi connectivity index (χ2v) is 9.58. The Kier molecular flexibility index (Phi) is 7.66. The summed E-state index contributed by atoms with van der Waals surface area (Å²) in [7, 11) is 0. The van der Waals surface area contributed by atoms with Gasteiger partial charge in [-0.25, -0.2) is 0 Å². The van der Waals surface area contributed by atoms with E-state index in [4.69, 9.17) is 27.9 Å². The molecule has 0 N–H and O–H groups in total. The van der Waals surface area contributed by atoms with E-state index in [-0.39, 0.29) is 11.5 Å². The summed E-state index contributed by atoms with van der Waals surface area (Å²) in [5.74, 6) is -1.10. The minimum absolute atomic E-state index is 0.255. The molecule has 0 unspecified atom stereocenters. The highest BCUT2D eigenvalue weighted by Crippen LogP contribution is 2.35. The van der Waals surface area contributed by atoms with Crippen molar-refractivity contribution in [3.05, 3.63) is 74.7 Å². The summed E-state index contributed by atoms with van der Waals surface area (Å²) in [5, 5.41) is 1.56. The number of hydrogen-bond acceptors (Lipinski definition) is 5. The van der Waals surface area contributed by atoms with Gasteiger partial charge in [-0.05, 0) is 42.5 Å². The molecule has 1 fully saturated rings. The van der Waals surface area contributed by atoms with Crippen molar-refractivity contribution in [3.63, 3.8) is 0 Å². The van der Waals surface area contributed by atoms with Crippen molar-refractivity contribution >= 4 is 69.1 Å². The van der Waals surface area contributed by atoms with E-state index in [1.807, 2.05) is 42.0 Å². The summed E-state index contributed by atoms with van der Waals surface area (Å²) < 4.78 is 7.10. The maximum absolute atomic E-state index is 12.9. The summed E-state index contributed by atoms with van der Waals surface area (Å²) in [6, 6.07) is 13.1. The molecule has 1 aromatic heterocycles. The highest BCUT2D eigenvalue weighted by molar-refractivity contribution is 8.18. The van der Waals surface area contributed by atoms with Crippen LogP contribution in [0.5, 0.6) is 0 Å². The van der Waals surface area contributed by atoms with Crippen LogP contribution < -0.4 is 0 Å². The largest absolute Gasteiger partial charge is 0.464 e. The molecule has 0 saturated carbocycles. The topological polar surface area (TPSA) is 68.6 Å². The molecular formula is C25H22Cl2N2O4S. The van der Waals surface area contributed by atoms with E-state index in [0.717, 1.165) is 51.5 Å². The molecule has 1 saturated heterocycles. The number of amides is 2. The first-order valence-corrected chi connectivity index (χ1v) is 12.4. The molecule has 34 heavy (non-hydrogen) atoms. The number of fused-ring (bicyclic) bond motifs is 1. The lowest BCUT2D eigenvalue weighted by Gasteiger charge is -2.11. The van der Waals surface area contributed by atoms with Gasteiger partial charge in [-0.1, -0.05) is 60.8 Å². The lowest BCUT2D eigenvalue weighted by atomic mass is 10.1. The molecule has 0 bridgehead atoms. The maximum Gasteiger partial charge on any atom is 0.326 e. The number of ether oxygens (including phenoxy) is 1. The average molecular weight is 517 g/mol. The first kappa shape index (κ1) is 24.4. The minimum atomic E-state index is -0.592. The van der Waals surface area contributed by atoms with E-state index in [1.54, 1.807) is 24.3 Å². The monoisotopic (exact) mass is 516 g/mol. The van der Waals surface area contributed by atoms with Gasteiger partial charge in [0.25, 0.3) is 11.1 Å². The molecule has 0 radical (unpaired) electrons. The zero-order valence-corrected chi connectivity index (χ0v) is 20.8. The molecule has 0 atom stereocenters. The first-order valence-electron chi connectivity index (χ1n) is 10.8. The average Bonchev–Trinajstić information content (AvgIpc) is 3.29. The van der Waals surface area contributed by atoms with E-state index in [1.165, 1.54) is 0 Å². The van der Waals surface area contributed by atoms with Crippen molar-refractivity contribution in [1.29, 1.82) is 0 Å². The van der Waals surface area contributed by atoms with Gasteiger partial charge in [0.2, 0.25) is 0 Å². The van der Waals surface area contributed by atoms with Crippen LogP contribution in [0.2, 0.25) is 10.0 Å². The second-order valence-electron chi connectivity index (χ2n) is 7.77. The van der Waals surface area contributed by atoms with Gasteiger partial charge in [-0.2, -0.15) is 0 Å². The van der Waals surface area contributed by atoms with Gasteiger partial charge in [0.05, 0.1) is 18.1 Å². The molecule has 2 aromatic carbocycles. The lowest BCUT2D eigenvalue weighted by Crippen LogP contribution is -2.34. The van der Waals surface area contributed by atoms with E-state index in [9.17, 15) is 14.4 Å². The van der Waals surface area contributed by atoms with Crippen molar-refractivity contribution in [2.75, 3.05) is 13.2 Å². The van der Waals surface area contributed by atoms with E-state index in [0.29, 0.717) is 16.6 Å². The number of para-hydroxylation sites is 1. The molecular weight excluding hydrogens is 495 g/mol. The van der Waals surface area contributed by atoms with Gasteiger partial charge in [0.1, 0.15) is 6.54 Å². The fourth-order valence-electron chi connectivity index (χ4n) is 3.66. The van der Waals surface area contributed by atoms with Crippen LogP contribution >= 0.6 is 35.0 Å². The zero-order chi connectivity index (χ0) is 24.2. The number of unbranched alkanes of at least 4 members (excludes halogenated alkanes) is 1. The molecule has 0 aliphatic carbocycles. The Labute approximate surface area is 211 Å². The molecule has 3 aromatic rings. The summed E-state index contributed by atoms with van der Waals surface area (Å²) in [5.41, 5.74) is 2.50. The van der Waals surface area contributed by atoms with Crippen LogP contribution in [0.15, 0.2) is 53.6 Å². The number of hydrogen-bond donors (Lipinski definition) is 0. The fraction of sp³-hybridized carbons (Fsp3) is 0.240. The van der Waals surface area contributed by atoms with Crippen LogP contribution in [0.3, 0.4) is 0 Å². The van der Waals surface area contributed by atoms with Gasteiger partial charge in [0.15, 0.2) is 0 Å². The van der Waals surface area contributed by atoms with E-state index in [2.05, 4.69) is 0 Å². The fourth-order valence-corrected chi connectivity index (χ4v) is 5.00. The molecule has 1 aliphatic rings. The number of carbonyl (C=O) groups is 3. The Morgan fingerprint density at radius 3 is 2.56 bits per heavy atom. The number of imide groups is 1. The highest BCUT2D eigenvalue weighted by Gasteiger charge is 2.36. The van der Waals surface area contributed by atoms with Crippen molar-refractivity contribution in [3.8, 4) is 0 Å². The Morgan fingerprint density at radius 2 is 1.82 bits per heavy atom. The van der Waals surface area contributed by atoms with Crippen molar-refractivity contribution in [1.82, 2.24) is 9.47 Å². The zero-order valence-electron chi connectivity index (χ0n) is 18.4. The van der Waals surface area contributed by atoms with Crippen molar-refractivity contribution in [2.24, 2.45) is 0 Å². The Balaban J connectivity index is 1.61. The molecule has 2 heterocycles. The summed E-state index contributed by atoms with van der Waals surface area (Å²) in [6.45, 7) is 2.31. The van der Waals surface area contributed by atoms with Crippen molar-refractivity contribution < 1.29 is 19.1 Å². The smallest absolute Gasteiger partial charge is 0.326 e. The molecule has 0 spiro atoms. The molecule has 2 amide bonds. The van der Waals surface area contributed by atoms with Crippen LogP contribution in [0.4, 0.5) is 4.79 Å². The molecule has 4 rings (SSSR count). The molecule has 176 valence electrons. The summed E-state index contributed by atoms with van der Waals surface area (Å²) in [4.78, 5) is 38.5. The summed E-state index contributed by atoms with van der Waals surface area (Å²) >= 11 is 13.6. The van der Waals surface area contributed by atoms with Crippen molar-refractivity contribution in [2.45, 2.75) is 26.3 Å². The van der Waals surface area contributed by atoms with Crippen LogP contribution in [0.1, 0.15) is 30.9 Å². The standard InChI is InChI=1S/C25H22Cl2N2O4S/c1-2-3-11-33-23(30)15-29-24(31)22(34-25(29)32)12-16-13-28(21-10-5-4-7-17(16)21)14-18-19(26)8-6-9-20(18)27/h4-10,12-13H,2-3,11,14-15H2,1H3/b22-12-. The molecule has 9 heteroatoms. The van der Waals surface area contributed by atoms with Crippen LogP contribution in [-0.2, 0) is 20.9 Å². The van der Waals surface area contributed by atoms with Gasteiger partial charge in [0, 0.05) is 38.3 Å². The predicted molar refractivity (Wildman–Crippen MR) is 136 cm³/mol. The molecule has 6 nitrogen and oxygen atoms in total. The number of halogens is 2. The van der Waals surface area contributed by atoms with Gasteiger partial charge < -0.3 is 9.30 Å². The number of nitrogens with zero attached hydrogens (tertiary/aromatic N) is 2. The third-order valence-electron chi connectivity index (χ3n) is 5.42. The minimum Gasteiger partial charge on any atom is -0.464 e. The van der Waals surface area contributed by atoms with Crippen LogP contribution in [0, 0.1) is 0 Å². The predicted octanol–water partition coefficient (Wildman–Crippen LogP) is 6.38. The maximum atomic E-state index is 12.9. The SMILES string of the molecule is CCCCOC(=O)CN1C(=O)S/C(=C\c2cn(Cc3c(Cl)cccc3Cl)c3ccccc23)C1=O. The van der Waals surface area contributed by atoms with Crippen LogP contribution in [0.25, 0.3) is 17.0 Å². The summed E-state index contributed by atoms with van der Waals surface area (Å²) in [6.07, 6.45) is 5.20. The number of esters is 1. The van der Waals surface area contributed by atoms with Gasteiger partial charge in [-0.15, -0.1) is 0 Å². The normalized spacial score (nSPS) is 15.0. The van der Waals surface area contributed by atoms with E-state index >= 15 is 0 Å². The van der Waals surface area contributed by atoms with Gasteiger partial charge in [-0.3, -0.25) is 19.3 Å². The first-order chi connectivity index (χ1) is 16.4. The van der Waals surface area contributed by atoms with Gasteiger partial charge >= 0.3 is 5.97 Å². The third-order valence-corrected chi connectivity index (χ3v) is 7.03. The lowest BCUT2D eigenvalue weighted by molar-refractivity contribution is -0.146. The Bertz CT molecular complexity index is 1280. The number of aromatic nitrogens is 1. The third kappa shape index (κ3) is 5.17. The second kappa shape index (κ2) is 10.7. The Morgan fingerprint density at radius 1 is 1.09 bits per heavy atom. The highest BCUT2D eigenvalue weighted by atomic mass is 35.5. The van der Waals surface area contributed by atoms with E-state index < -0.39 is 23.7 Å². The number of benzene rings is 2. The quantitative estimate of drug-likeness (QED) is 0.197. The number of rotatable bonds is 8. The Hall–Kier alpha value is -2.74. The number of thioether (sulfide) groups is 1. The van der Waals surface area contributed by atoms with Crippen LogP contribution in [-0.4, -0.2) is 39.7 Å². The number of carbonyl (C=O) groups excluding carboxylic acids is 3. The molecule has 1 aliphatic heterocycles.